The Balaban J connectivity index is 0.00000506. The van der Waals surface area contributed by atoms with Crippen LogP contribution in [0.1, 0.15) is 32.4 Å². The molecule has 230 valence electrons. The van der Waals surface area contributed by atoms with E-state index in [1.54, 1.807) is 12.1 Å². The molecule has 3 aromatic rings. The molecular formula is C30H36N5O7W-. The van der Waals surface area contributed by atoms with Gasteiger partial charge in [0, 0.05) is 60.3 Å². The van der Waals surface area contributed by atoms with E-state index in [1.165, 1.54) is 12.1 Å². The van der Waals surface area contributed by atoms with Gasteiger partial charge in [0.15, 0.2) is 11.5 Å². The molecule has 1 aliphatic rings. The molecule has 4 rings (SSSR count). The van der Waals surface area contributed by atoms with Crippen molar-refractivity contribution in [3.05, 3.63) is 89.2 Å². The molecule has 2 aromatic heterocycles. The smallest absolute Gasteiger partial charge is 0.354 e. The number of benzene rings is 1. The molecule has 0 bridgehead atoms. The number of ether oxygens (including phenoxy) is 4. The number of aromatic nitrogens is 2. The summed E-state index contributed by atoms with van der Waals surface area (Å²) < 4.78 is 23.8. The molecule has 0 radical (unpaired) electrons. The van der Waals surface area contributed by atoms with Gasteiger partial charge in [-0.05, 0) is 36.4 Å². The van der Waals surface area contributed by atoms with Gasteiger partial charge in [-0.2, -0.15) is 0 Å². The molecule has 0 spiro atoms. The van der Waals surface area contributed by atoms with Crippen molar-refractivity contribution in [1.29, 1.82) is 0 Å². The van der Waals surface area contributed by atoms with Gasteiger partial charge in [-0.15, -0.1) is 0 Å². The number of carboxylic acid groups (broad SMARTS) is 1. The van der Waals surface area contributed by atoms with E-state index >= 15 is 0 Å². The quantitative estimate of drug-likeness (QED) is 0.395. The van der Waals surface area contributed by atoms with E-state index in [1.807, 2.05) is 36.4 Å². The van der Waals surface area contributed by atoms with Crippen LogP contribution in [0, 0.1) is 0 Å². The van der Waals surface area contributed by atoms with Gasteiger partial charge in [0.25, 0.3) is 0 Å². The topological polar surface area (TPSA) is 147 Å². The van der Waals surface area contributed by atoms with Gasteiger partial charge in [-0.1, -0.05) is 24.3 Å². The van der Waals surface area contributed by atoms with E-state index in [2.05, 4.69) is 19.8 Å². The number of carboxylic acids is 1. The van der Waals surface area contributed by atoms with E-state index in [-0.39, 0.29) is 32.5 Å². The largest absolute Gasteiger partial charge is 0.662 e. The van der Waals surface area contributed by atoms with Crippen LogP contribution in [0.15, 0.2) is 60.7 Å². The summed E-state index contributed by atoms with van der Waals surface area (Å²) in [6.07, 6.45) is 0. The van der Waals surface area contributed by atoms with Crippen molar-refractivity contribution >= 4 is 11.9 Å². The summed E-state index contributed by atoms with van der Waals surface area (Å²) in [5, 5.41) is 9.29. The molecule has 12 nitrogen and oxygen atoms in total. The van der Waals surface area contributed by atoms with Crippen molar-refractivity contribution in [2.45, 2.75) is 13.1 Å². The first kappa shape index (κ1) is 34.1. The fourth-order valence-electron chi connectivity index (χ4n) is 4.35. The van der Waals surface area contributed by atoms with E-state index < -0.39 is 11.9 Å². The first-order valence-corrected chi connectivity index (χ1v) is 13.8. The predicted molar refractivity (Wildman–Crippen MR) is 154 cm³/mol. The van der Waals surface area contributed by atoms with Crippen LogP contribution in [0.2, 0.25) is 0 Å². The number of para-hydroxylation sites is 2. The zero-order chi connectivity index (χ0) is 29.6. The summed E-state index contributed by atoms with van der Waals surface area (Å²) in [7, 11) is 0. The molecule has 1 aromatic carbocycles. The van der Waals surface area contributed by atoms with Crippen molar-refractivity contribution in [2.24, 2.45) is 0 Å². The summed E-state index contributed by atoms with van der Waals surface area (Å²) in [6.45, 7) is 5.84. The van der Waals surface area contributed by atoms with Crippen LogP contribution in [0.5, 0.6) is 11.5 Å². The van der Waals surface area contributed by atoms with Crippen LogP contribution in [-0.2, 0) is 43.6 Å². The van der Waals surface area contributed by atoms with Gasteiger partial charge in [0.05, 0.1) is 49.4 Å². The van der Waals surface area contributed by atoms with Crippen LogP contribution in [-0.4, -0.2) is 103 Å². The Labute approximate surface area is 265 Å². The minimum Gasteiger partial charge on any atom is -0.662 e. The number of fused-ring (bicyclic) bond motifs is 1. The summed E-state index contributed by atoms with van der Waals surface area (Å²) >= 11 is 0. The zero-order valence-electron chi connectivity index (χ0n) is 23.9. The Morgan fingerprint density at radius 3 is 1.63 bits per heavy atom. The molecule has 13 heteroatoms. The first-order chi connectivity index (χ1) is 20.5. The summed E-state index contributed by atoms with van der Waals surface area (Å²) in [4.78, 5) is 35.6. The number of nitrogens with zero attached hydrogens (tertiary/aromatic N) is 4. The minimum atomic E-state index is -1.06. The number of hydrogen-bond acceptors (Lipinski definition) is 10. The molecule has 3 heterocycles. The average molecular weight is 762 g/mol. The maximum absolute atomic E-state index is 11.5. The molecule has 1 aliphatic heterocycles. The van der Waals surface area contributed by atoms with Crippen molar-refractivity contribution < 1.29 is 54.7 Å². The van der Waals surface area contributed by atoms with Gasteiger partial charge in [-0.3, -0.25) is 14.8 Å². The zero-order valence-corrected chi connectivity index (χ0v) is 26.8. The molecule has 0 saturated carbocycles. The molecule has 1 amide bonds. The maximum atomic E-state index is 11.5. The Bertz CT molecular complexity index is 1220. The van der Waals surface area contributed by atoms with Gasteiger partial charge in [0.1, 0.15) is 18.9 Å². The van der Waals surface area contributed by atoms with Crippen LogP contribution < -0.4 is 9.47 Å². The Hall–Kier alpha value is -3.41. The number of amides is 1. The number of carbonyl (C=O) groups excluding carboxylic acids is 1. The van der Waals surface area contributed by atoms with Crippen LogP contribution in [0.4, 0.5) is 0 Å². The van der Waals surface area contributed by atoms with Gasteiger partial charge in [-0.25, -0.2) is 9.78 Å². The standard InChI is InChI=1S/C30H37N5O7.W/c31-29(36)25-7-3-5-23(32-25)21-34-11-15-39-19-20-40-16-12-35(22-24-6-4-8-26(33-24)30(37)38)14-18-42-28-10-2-1-9-27(28)41-17-13-34;/h1-10H,11-22H2,(H3,31,36,37,38);/p-1. The second-order valence-electron chi connectivity index (χ2n) is 9.58. The normalized spacial score (nSPS) is 16.3. The Morgan fingerprint density at radius 2 is 1.14 bits per heavy atom. The second kappa shape index (κ2) is 18.3. The van der Waals surface area contributed by atoms with Gasteiger partial charge >= 0.3 is 5.97 Å². The van der Waals surface area contributed by atoms with Crippen LogP contribution in [0.3, 0.4) is 0 Å². The molecule has 0 fully saturated rings. The third-order valence-electron chi connectivity index (χ3n) is 6.49. The molecule has 0 unspecified atom stereocenters. The van der Waals surface area contributed by atoms with E-state index in [0.717, 1.165) is 0 Å². The van der Waals surface area contributed by atoms with E-state index in [0.29, 0.717) is 102 Å². The fraction of sp³-hybridized carbons (Fsp3) is 0.400. The Morgan fingerprint density at radius 1 is 0.674 bits per heavy atom. The first-order valence-electron chi connectivity index (χ1n) is 13.8. The van der Waals surface area contributed by atoms with E-state index in [4.69, 9.17) is 24.7 Å². The molecule has 2 N–H and O–H groups in total. The molecule has 43 heavy (non-hydrogen) atoms. The van der Waals surface area contributed by atoms with Crippen molar-refractivity contribution in [3.8, 4) is 11.5 Å². The molecule has 0 atom stereocenters. The number of carbonyl (C=O) groups is 2. The minimum absolute atomic E-state index is 0. The van der Waals surface area contributed by atoms with Crippen molar-refractivity contribution in [3.63, 3.8) is 0 Å². The molecule has 0 saturated heterocycles. The van der Waals surface area contributed by atoms with Crippen molar-refractivity contribution in [2.75, 3.05) is 65.8 Å². The van der Waals surface area contributed by atoms with Crippen LogP contribution >= 0.6 is 0 Å². The number of nitrogens with one attached hydrogen (secondary N) is 1. The van der Waals surface area contributed by atoms with Gasteiger partial charge < -0.3 is 34.6 Å². The number of hydrogen-bond donors (Lipinski definition) is 1. The summed E-state index contributed by atoms with van der Waals surface area (Å²) in [5.74, 6) is -0.624. The van der Waals surface area contributed by atoms with Crippen LogP contribution in [0.25, 0.3) is 5.73 Å². The molecular weight excluding hydrogens is 726 g/mol. The fourth-order valence-corrected chi connectivity index (χ4v) is 4.35. The van der Waals surface area contributed by atoms with E-state index in [9.17, 15) is 14.7 Å². The number of rotatable bonds is 6. The number of aromatic carboxylic acids is 1. The average Bonchev–Trinajstić information content (AvgIpc) is 2.98. The number of pyridine rings is 2. The summed E-state index contributed by atoms with van der Waals surface area (Å²) in [5.41, 5.74) is 8.82. The SMILES string of the molecule is [NH-]C(=O)c1cccc(CN2CCOCCOCCN(Cc3cccc(C(=O)O)n3)CCOc3ccccc3OCC2)n1.[W]. The maximum Gasteiger partial charge on any atom is 0.354 e. The predicted octanol–water partition coefficient (Wildman–Crippen LogP) is 3.17. The van der Waals surface area contributed by atoms with Gasteiger partial charge in [0.2, 0.25) is 0 Å². The Kier molecular flexibility index (Phi) is 14.5. The summed E-state index contributed by atoms with van der Waals surface area (Å²) in [6, 6.07) is 17.6. The third kappa shape index (κ3) is 11.7. The molecule has 0 aliphatic carbocycles. The monoisotopic (exact) mass is 762 g/mol. The third-order valence-corrected chi connectivity index (χ3v) is 6.49. The second-order valence-corrected chi connectivity index (χ2v) is 9.58. The van der Waals surface area contributed by atoms with Crippen molar-refractivity contribution in [1.82, 2.24) is 19.8 Å².